The largest absolute Gasteiger partial charge is 0.480 e. The summed E-state index contributed by atoms with van der Waals surface area (Å²) in [7, 11) is -4.78. The highest BCUT2D eigenvalue weighted by Gasteiger charge is 2.28. The molecule has 0 bridgehead atoms. The van der Waals surface area contributed by atoms with E-state index in [0.717, 1.165) is 51.4 Å². The van der Waals surface area contributed by atoms with Crippen molar-refractivity contribution in [1.82, 2.24) is 0 Å². The molecule has 13 nitrogen and oxygen atoms in total. The van der Waals surface area contributed by atoms with E-state index in [1.54, 1.807) is 36.5 Å². The predicted molar refractivity (Wildman–Crippen MR) is 220 cm³/mol. The zero-order valence-corrected chi connectivity index (χ0v) is 34.8. The molecule has 14 heteroatoms. The zero-order valence-electron chi connectivity index (χ0n) is 33.9. The van der Waals surface area contributed by atoms with Gasteiger partial charge in [-0.2, -0.15) is 0 Å². The summed E-state index contributed by atoms with van der Waals surface area (Å²) in [5, 5.41) is 29.1. The van der Waals surface area contributed by atoms with Crippen LogP contribution in [0.1, 0.15) is 142 Å². The number of ether oxygens (including phenoxy) is 2. The van der Waals surface area contributed by atoms with Gasteiger partial charge in [0.2, 0.25) is 0 Å². The standard InChI is InChI=1S/C42H72NO12P/c1-3-5-7-9-11-12-13-14-15-16-17-19-25-31-41(47)55-38(34-53-56(50,51)54-35-39(43)42(48)49)33-52-40(46)32-26-30-37(45)29-24-21-20-23-28-36(44)27-22-18-10-8-6-4-2/h12-13,18,20-24,28-29,36-39,44-45H,3-11,14-17,19,25-27,30-35,43H2,1-2H3,(H,48,49)(H,50,51)/b13-12-,21-20+,22-18-,28-23+,29-24-/t36-,37-,38-,39+/m1/s1. The Balaban J connectivity index is 4.68. The van der Waals surface area contributed by atoms with Crippen LogP contribution in [-0.4, -0.2) is 82.3 Å². The first-order chi connectivity index (χ1) is 26.9. The Kier molecular flexibility index (Phi) is 34.6. The summed E-state index contributed by atoms with van der Waals surface area (Å²) in [6.07, 6.45) is 33.5. The minimum atomic E-state index is -4.78. The summed E-state index contributed by atoms with van der Waals surface area (Å²) in [5.41, 5.74) is 5.31. The van der Waals surface area contributed by atoms with Gasteiger partial charge in [0.15, 0.2) is 6.10 Å². The van der Waals surface area contributed by atoms with Crippen molar-refractivity contribution >= 4 is 25.7 Å². The van der Waals surface area contributed by atoms with Gasteiger partial charge in [-0.3, -0.25) is 23.4 Å². The van der Waals surface area contributed by atoms with Gasteiger partial charge >= 0.3 is 25.7 Å². The third kappa shape index (κ3) is 35.5. The lowest BCUT2D eigenvalue weighted by atomic mass is 10.1. The number of carboxylic acid groups (broad SMARTS) is 1. The molecule has 0 radical (unpaired) electrons. The topological polar surface area (TPSA) is 212 Å². The molecule has 322 valence electrons. The lowest BCUT2D eigenvalue weighted by Gasteiger charge is -2.20. The molecule has 0 rings (SSSR count). The number of aliphatic hydroxyl groups is 2. The summed E-state index contributed by atoms with van der Waals surface area (Å²) in [6.45, 7) is 2.44. The minimum absolute atomic E-state index is 0.0423. The number of phosphoric ester groups is 1. The number of esters is 2. The van der Waals surface area contributed by atoms with Crippen LogP contribution in [-0.2, 0) is 37.5 Å². The SMILES string of the molecule is CCCCC/C=C\C[C@@H](O)/C=C/C=C/C=C\[C@@H](O)CCCC(=O)OC[C@H](COP(=O)(O)OC[C@H](N)C(=O)O)OC(=O)CCCCCCC/C=C\CCCCCC. The molecule has 6 N–H and O–H groups in total. The first-order valence-corrected chi connectivity index (χ1v) is 22.0. The Morgan fingerprint density at radius 2 is 1.16 bits per heavy atom. The normalized spacial score (nSPS) is 15.5. The van der Waals surface area contributed by atoms with Crippen molar-refractivity contribution in [3.8, 4) is 0 Å². The molecule has 0 heterocycles. The average Bonchev–Trinajstić information content (AvgIpc) is 3.16. The summed E-state index contributed by atoms with van der Waals surface area (Å²) in [4.78, 5) is 45.9. The number of hydrogen-bond acceptors (Lipinski definition) is 11. The van der Waals surface area contributed by atoms with E-state index in [9.17, 15) is 34.1 Å². The van der Waals surface area contributed by atoms with Gasteiger partial charge in [-0.15, -0.1) is 0 Å². The molecular formula is C42H72NO12P. The Hall–Kier alpha value is -2.90. The van der Waals surface area contributed by atoms with Crippen LogP contribution in [0.3, 0.4) is 0 Å². The van der Waals surface area contributed by atoms with Crippen LogP contribution in [0.4, 0.5) is 0 Å². The number of aliphatic carboxylic acids is 1. The molecule has 0 aromatic heterocycles. The number of hydrogen-bond donors (Lipinski definition) is 5. The first-order valence-electron chi connectivity index (χ1n) is 20.5. The number of phosphoric acid groups is 1. The molecule has 56 heavy (non-hydrogen) atoms. The Bertz CT molecular complexity index is 1220. The van der Waals surface area contributed by atoms with Crippen LogP contribution in [0.15, 0.2) is 60.8 Å². The molecule has 5 atom stereocenters. The van der Waals surface area contributed by atoms with Crippen LogP contribution in [0.25, 0.3) is 0 Å². The van der Waals surface area contributed by atoms with E-state index in [4.69, 9.17) is 24.8 Å². The second-order valence-corrected chi connectivity index (χ2v) is 15.3. The molecule has 0 amide bonds. The van der Waals surface area contributed by atoms with Crippen LogP contribution in [0, 0.1) is 0 Å². The second-order valence-electron chi connectivity index (χ2n) is 13.8. The van der Waals surface area contributed by atoms with Crippen molar-refractivity contribution in [3.63, 3.8) is 0 Å². The molecular weight excluding hydrogens is 741 g/mol. The fourth-order valence-corrected chi connectivity index (χ4v) is 5.85. The van der Waals surface area contributed by atoms with Crippen molar-refractivity contribution < 1.29 is 57.7 Å². The molecule has 0 spiro atoms. The van der Waals surface area contributed by atoms with Gasteiger partial charge in [-0.25, -0.2) is 4.57 Å². The predicted octanol–water partition coefficient (Wildman–Crippen LogP) is 8.33. The fraction of sp³-hybridized carbons (Fsp3) is 0.690. The highest BCUT2D eigenvalue weighted by Crippen LogP contribution is 2.43. The minimum Gasteiger partial charge on any atom is -0.480 e. The van der Waals surface area contributed by atoms with Crippen molar-refractivity contribution in [1.29, 1.82) is 0 Å². The Labute approximate surface area is 335 Å². The number of aliphatic hydroxyl groups excluding tert-OH is 2. The Morgan fingerprint density at radius 1 is 0.643 bits per heavy atom. The maximum atomic E-state index is 12.6. The molecule has 0 fully saturated rings. The molecule has 0 aliphatic carbocycles. The number of nitrogens with two attached hydrogens (primary N) is 1. The molecule has 0 saturated heterocycles. The van der Waals surface area contributed by atoms with E-state index >= 15 is 0 Å². The lowest BCUT2D eigenvalue weighted by molar-refractivity contribution is -0.161. The van der Waals surface area contributed by atoms with Crippen LogP contribution in [0.2, 0.25) is 0 Å². The smallest absolute Gasteiger partial charge is 0.472 e. The van der Waals surface area contributed by atoms with Crippen molar-refractivity contribution in [3.05, 3.63) is 60.8 Å². The van der Waals surface area contributed by atoms with E-state index in [1.165, 1.54) is 38.5 Å². The van der Waals surface area contributed by atoms with Gasteiger partial charge in [0, 0.05) is 12.8 Å². The third-order valence-electron chi connectivity index (χ3n) is 8.43. The number of rotatable bonds is 37. The highest BCUT2D eigenvalue weighted by molar-refractivity contribution is 7.47. The number of allylic oxidation sites excluding steroid dienone is 7. The summed E-state index contributed by atoms with van der Waals surface area (Å²) < 4.78 is 32.4. The second kappa shape index (κ2) is 36.4. The van der Waals surface area contributed by atoms with Gasteiger partial charge in [-0.05, 0) is 64.2 Å². The average molecular weight is 814 g/mol. The quantitative estimate of drug-likeness (QED) is 0.0131. The maximum Gasteiger partial charge on any atom is 0.472 e. The van der Waals surface area contributed by atoms with Crippen molar-refractivity contribution in [2.75, 3.05) is 19.8 Å². The van der Waals surface area contributed by atoms with E-state index in [-0.39, 0.29) is 19.3 Å². The highest BCUT2D eigenvalue weighted by atomic mass is 31.2. The molecule has 0 aliphatic heterocycles. The van der Waals surface area contributed by atoms with Gasteiger partial charge in [0.1, 0.15) is 12.6 Å². The van der Waals surface area contributed by atoms with E-state index in [0.29, 0.717) is 19.3 Å². The lowest BCUT2D eigenvalue weighted by Crippen LogP contribution is -2.34. The summed E-state index contributed by atoms with van der Waals surface area (Å²) in [6, 6.07) is -1.56. The third-order valence-corrected chi connectivity index (χ3v) is 9.38. The van der Waals surface area contributed by atoms with Gasteiger partial charge in [-0.1, -0.05) is 126 Å². The zero-order chi connectivity index (χ0) is 41.7. The summed E-state index contributed by atoms with van der Waals surface area (Å²) in [5.74, 6) is -2.67. The fourth-order valence-electron chi connectivity index (χ4n) is 5.08. The van der Waals surface area contributed by atoms with Crippen LogP contribution >= 0.6 is 7.82 Å². The van der Waals surface area contributed by atoms with E-state index < -0.39 is 69.9 Å². The van der Waals surface area contributed by atoms with Gasteiger partial charge in [0.05, 0.1) is 25.4 Å². The van der Waals surface area contributed by atoms with Crippen LogP contribution < -0.4 is 5.73 Å². The number of unbranched alkanes of at least 4 members (excludes halogenated alkanes) is 12. The number of carbonyl (C=O) groups is 3. The molecule has 0 aliphatic rings. The molecule has 0 saturated carbocycles. The first kappa shape index (κ1) is 53.1. The number of carboxylic acids is 1. The van der Waals surface area contributed by atoms with E-state index in [1.807, 2.05) is 6.08 Å². The van der Waals surface area contributed by atoms with Crippen LogP contribution in [0.5, 0.6) is 0 Å². The molecule has 0 aromatic carbocycles. The van der Waals surface area contributed by atoms with Gasteiger partial charge in [0.25, 0.3) is 0 Å². The molecule has 1 unspecified atom stereocenters. The van der Waals surface area contributed by atoms with E-state index in [2.05, 4.69) is 36.6 Å². The van der Waals surface area contributed by atoms with Crippen molar-refractivity contribution in [2.24, 2.45) is 5.73 Å². The molecule has 0 aromatic rings. The Morgan fingerprint density at radius 3 is 1.80 bits per heavy atom. The number of carbonyl (C=O) groups excluding carboxylic acids is 2. The monoisotopic (exact) mass is 813 g/mol. The summed E-state index contributed by atoms with van der Waals surface area (Å²) >= 11 is 0. The van der Waals surface area contributed by atoms with Crippen molar-refractivity contribution in [2.45, 2.75) is 167 Å². The van der Waals surface area contributed by atoms with Gasteiger partial charge < -0.3 is 35.4 Å². The maximum absolute atomic E-state index is 12.6.